The smallest absolute Gasteiger partial charge is 0.0624 e. The van der Waals surface area contributed by atoms with E-state index < -0.39 is 0 Å². The van der Waals surface area contributed by atoms with Crippen LogP contribution in [0, 0.1) is 30.1 Å². The summed E-state index contributed by atoms with van der Waals surface area (Å²) in [7, 11) is 0. The lowest BCUT2D eigenvalue weighted by molar-refractivity contribution is 0.710. The molecule has 14 heavy (non-hydrogen) atoms. The SMILES string of the molecule is Cc1ccc(CC2CC2CC#N)cc1. The minimum atomic E-state index is 0.682. The second-order valence-electron chi connectivity index (χ2n) is 4.31. The van der Waals surface area contributed by atoms with Crippen molar-refractivity contribution in [2.24, 2.45) is 11.8 Å². The van der Waals surface area contributed by atoms with Gasteiger partial charge in [-0.25, -0.2) is 0 Å². The molecule has 1 fully saturated rings. The zero-order valence-electron chi connectivity index (χ0n) is 8.53. The largest absolute Gasteiger partial charge is 0.198 e. The van der Waals surface area contributed by atoms with Crippen LogP contribution in [0.15, 0.2) is 24.3 Å². The monoisotopic (exact) mass is 185 g/mol. The van der Waals surface area contributed by atoms with E-state index in [0.717, 1.165) is 18.8 Å². The van der Waals surface area contributed by atoms with Crippen LogP contribution in [0.2, 0.25) is 0 Å². The van der Waals surface area contributed by atoms with Crippen LogP contribution in [0.5, 0.6) is 0 Å². The number of hydrogen-bond acceptors (Lipinski definition) is 1. The van der Waals surface area contributed by atoms with E-state index in [1.165, 1.54) is 17.5 Å². The van der Waals surface area contributed by atoms with E-state index >= 15 is 0 Å². The maximum absolute atomic E-state index is 8.55. The number of rotatable bonds is 3. The molecule has 1 aromatic rings. The van der Waals surface area contributed by atoms with Crippen LogP contribution in [0.3, 0.4) is 0 Å². The maximum atomic E-state index is 8.55. The molecule has 2 unspecified atom stereocenters. The lowest BCUT2D eigenvalue weighted by Crippen LogP contribution is -1.89. The normalized spacial score (nSPS) is 24.3. The van der Waals surface area contributed by atoms with Crippen LogP contribution in [0.25, 0.3) is 0 Å². The maximum Gasteiger partial charge on any atom is 0.0624 e. The zero-order chi connectivity index (χ0) is 9.97. The Kier molecular flexibility index (Phi) is 2.54. The number of nitriles is 1. The van der Waals surface area contributed by atoms with Crippen molar-refractivity contribution in [3.05, 3.63) is 35.4 Å². The number of benzene rings is 1. The Morgan fingerprint density at radius 2 is 2.00 bits per heavy atom. The van der Waals surface area contributed by atoms with E-state index in [-0.39, 0.29) is 0 Å². The summed E-state index contributed by atoms with van der Waals surface area (Å²) in [6.45, 7) is 2.11. The third-order valence-corrected chi connectivity index (χ3v) is 3.04. The van der Waals surface area contributed by atoms with Crippen molar-refractivity contribution in [3.8, 4) is 6.07 Å². The minimum Gasteiger partial charge on any atom is -0.198 e. The van der Waals surface area contributed by atoms with Gasteiger partial charge >= 0.3 is 0 Å². The highest BCUT2D eigenvalue weighted by atomic mass is 14.4. The van der Waals surface area contributed by atoms with Gasteiger partial charge in [0.1, 0.15) is 0 Å². The molecule has 0 heterocycles. The standard InChI is InChI=1S/C13H15N/c1-10-2-4-11(5-3-10)8-13-9-12(13)6-7-14/h2-5,12-13H,6,8-9H2,1H3. The van der Waals surface area contributed by atoms with Crippen molar-refractivity contribution in [2.75, 3.05) is 0 Å². The van der Waals surface area contributed by atoms with Crippen molar-refractivity contribution < 1.29 is 0 Å². The Balaban J connectivity index is 1.88. The van der Waals surface area contributed by atoms with Crippen molar-refractivity contribution in [1.29, 1.82) is 5.26 Å². The first-order chi connectivity index (χ1) is 6.79. The highest BCUT2D eigenvalue weighted by Crippen LogP contribution is 2.43. The van der Waals surface area contributed by atoms with E-state index in [0.29, 0.717) is 5.92 Å². The highest BCUT2D eigenvalue weighted by molar-refractivity contribution is 5.22. The van der Waals surface area contributed by atoms with Crippen LogP contribution in [0.1, 0.15) is 24.0 Å². The van der Waals surface area contributed by atoms with Crippen molar-refractivity contribution in [3.63, 3.8) is 0 Å². The van der Waals surface area contributed by atoms with Gasteiger partial charge in [0.05, 0.1) is 6.07 Å². The Labute approximate surface area is 85.4 Å². The average molecular weight is 185 g/mol. The summed E-state index contributed by atoms with van der Waals surface area (Å²) >= 11 is 0. The van der Waals surface area contributed by atoms with Gasteiger partial charge in [-0.1, -0.05) is 29.8 Å². The first-order valence-corrected chi connectivity index (χ1v) is 5.22. The van der Waals surface area contributed by atoms with Gasteiger partial charge in [0, 0.05) is 6.42 Å². The lowest BCUT2D eigenvalue weighted by Gasteiger charge is -2.00. The van der Waals surface area contributed by atoms with E-state index in [1.807, 2.05) is 0 Å². The van der Waals surface area contributed by atoms with Gasteiger partial charge < -0.3 is 0 Å². The van der Waals surface area contributed by atoms with Crippen LogP contribution in [0.4, 0.5) is 0 Å². The number of aryl methyl sites for hydroxylation is 1. The van der Waals surface area contributed by atoms with Crippen LogP contribution >= 0.6 is 0 Å². The van der Waals surface area contributed by atoms with E-state index in [1.54, 1.807) is 0 Å². The Hall–Kier alpha value is -1.29. The predicted molar refractivity (Wildman–Crippen MR) is 56.7 cm³/mol. The summed E-state index contributed by atoms with van der Waals surface area (Å²) in [6, 6.07) is 11.0. The first kappa shape index (κ1) is 9.27. The van der Waals surface area contributed by atoms with Gasteiger partial charge in [0.15, 0.2) is 0 Å². The molecule has 0 bridgehead atoms. The summed E-state index contributed by atoms with van der Waals surface area (Å²) in [5, 5.41) is 8.55. The van der Waals surface area contributed by atoms with Gasteiger partial charge in [0.2, 0.25) is 0 Å². The second kappa shape index (κ2) is 3.84. The quantitative estimate of drug-likeness (QED) is 0.710. The van der Waals surface area contributed by atoms with Gasteiger partial charge in [-0.3, -0.25) is 0 Å². The molecule has 1 saturated carbocycles. The molecule has 0 saturated heterocycles. The fourth-order valence-corrected chi connectivity index (χ4v) is 1.95. The first-order valence-electron chi connectivity index (χ1n) is 5.22. The highest BCUT2D eigenvalue weighted by Gasteiger charge is 2.36. The molecule has 1 heteroatoms. The number of nitrogens with zero attached hydrogens (tertiary/aromatic N) is 1. The fraction of sp³-hybridized carbons (Fsp3) is 0.462. The zero-order valence-corrected chi connectivity index (χ0v) is 8.53. The molecule has 0 N–H and O–H groups in total. The van der Waals surface area contributed by atoms with Crippen molar-refractivity contribution in [1.82, 2.24) is 0 Å². The molecular formula is C13H15N. The molecular weight excluding hydrogens is 170 g/mol. The third kappa shape index (κ3) is 2.14. The molecule has 1 aliphatic carbocycles. The molecule has 0 amide bonds. The van der Waals surface area contributed by atoms with Gasteiger partial charge in [0.25, 0.3) is 0 Å². The Bertz CT molecular complexity index is 344. The van der Waals surface area contributed by atoms with Gasteiger partial charge in [-0.05, 0) is 37.2 Å². The summed E-state index contributed by atoms with van der Waals surface area (Å²) in [4.78, 5) is 0. The van der Waals surface area contributed by atoms with Gasteiger partial charge in [-0.2, -0.15) is 5.26 Å². The molecule has 1 nitrogen and oxygen atoms in total. The third-order valence-electron chi connectivity index (χ3n) is 3.04. The van der Waals surface area contributed by atoms with E-state index in [4.69, 9.17) is 5.26 Å². The minimum absolute atomic E-state index is 0.682. The second-order valence-corrected chi connectivity index (χ2v) is 4.31. The summed E-state index contributed by atoms with van der Waals surface area (Å²) in [6.07, 6.45) is 3.16. The van der Waals surface area contributed by atoms with Crippen molar-refractivity contribution >= 4 is 0 Å². The Morgan fingerprint density at radius 1 is 1.29 bits per heavy atom. The van der Waals surface area contributed by atoms with Crippen LogP contribution in [-0.4, -0.2) is 0 Å². The average Bonchev–Trinajstić information content (AvgIpc) is 2.89. The van der Waals surface area contributed by atoms with E-state index in [9.17, 15) is 0 Å². The molecule has 1 aromatic carbocycles. The van der Waals surface area contributed by atoms with Crippen LogP contribution in [-0.2, 0) is 6.42 Å². The van der Waals surface area contributed by atoms with Crippen LogP contribution < -0.4 is 0 Å². The molecule has 2 atom stereocenters. The molecule has 0 aromatic heterocycles. The van der Waals surface area contributed by atoms with Crippen molar-refractivity contribution in [2.45, 2.75) is 26.2 Å². The molecule has 0 aliphatic heterocycles. The molecule has 2 rings (SSSR count). The summed E-state index contributed by atoms with van der Waals surface area (Å²) in [5.74, 6) is 1.46. The van der Waals surface area contributed by atoms with E-state index in [2.05, 4.69) is 37.3 Å². The molecule has 72 valence electrons. The molecule has 1 aliphatic rings. The summed E-state index contributed by atoms with van der Waals surface area (Å²) in [5.41, 5.74) is 2.74. The lowest BCUT2D eigenvalue weighted by atomic mass is 10.1. The topological polar surface area (TPSA) is 23.8 Å². The predicted octanol–water partition coefficient (Wildman–Crippen LogP) is 3.09. The van der Waals surface area contributed by atoms with Gasteiger partial charge in [-0.15, -0.1) is 0 Å². The molecule has 0 radical (unpaired) electrons. The molecule has 0 spiro atoms. The number of hydrogen-bond donors (Lipinski definition) is 0. The Morgan fingerprint density at radius 3 is 2.64 bits per heavy atom. The summed E-state index contributed by atoms with van der Waals surface area (Å²) < 4.78 is 0. The fourth-order valence-electron chi connectivity index (χ4n) is 1.95.